The van der Waals surface area contributed by atoms with Gasteiger partial charge in [-0.1, -0.05) is 75.1 Å². The van der Waals surface area contributed by atoms with Crippen molar-refractivity contribution in [3.63, 3.8) is 0 Å². The standard InChI is InChI=1S/C18H26ClN.C7H15N.2ClH/c19-16-10-8-15(9-11-16)18(12-5-13-18)17(20)14-6-3-1-2-4-7-14;1-8-7-5-3-2-4-6-7;;/h8-11,14,17H,1-7,12-13,20H2;7-8H,2-6H2,1H3;2*1H. The first kappa shape index (κ1) is 28.0. The summed E-state index contributed by atoms with van der Waals surface area (Å²) in [6.07, 6.45) is 19.2. The van der Waals surface area contributed by atoms with Crippen LogP contribution in [-0.4, -0.2) is 19.1 Å². The predicted octanol–water partition coefficient (Wildman–Crippen LogP) is 7.44. The van der Waals surface area contributed by atoms with E-state index in [9.17, 15) is 0 Å². The van der Waals surface area contributed by atoms with Gasteiger partial charge in [-0.05, 0) is 69.2 Å². The molecular weight excluding hydrogens is 435 g/mol. The Labute approximate surface area is 202 Å². The third kappa shape index (κ3) is 7.27. The van der Waals surface area contributed by atoms with Gasteiger partial charge in [-0.25, -0.2) is 0 Å². The Hall–Kier alpha value is 0.01000. The van der Waals surface area contributed by atoms with Crippen molar-refractivity contribution in [1.82, 2.24) is 5.32 Å². The van der Waals surface area contributed by atoms with Crippen LogP contribution < -0.4 is 11.1 Å². The molecule has 0 amide bonds. The van der Waals surface area contributed by atoms with E-state index >= 15 is 0 Å². The zero-order chi connectivity index (χ0) is 19.8. The van der Waals surface area contributed by atoms with Gasteiger partial charge in [-0.3, -0.25) is 0 Å². The molecule has 4 rings (SSSR count). The van der Waals surface area contributed by atoms with Crippen LogP contribution in [0.2, 0.25) is 5.02 Å². The summed E-state index contributed by atoms with van der Waals surface area (Å²) in [5.41, 5.74) is 8.45. The predicted molar refractivity (Wildman–Crippen MR) is 137 cm³/mol. The van der Waals surface area contributed by atoms with Gasteiger partial charge in [0.2, 0.25) is 0 Å². The van der Waals surface area contributed by atoms with Crippen LogP contribution in [0.15, 0.2) is 24.3 Å². The lowest BCUT2D eigenvalue weighted by molar-refractivity contribution is 0.144. The Kier molecular flexibility index (Phi) is 13.3. The number of nitrogens with two attached hydrogens (primary N) is 1. The molecule has 0 bridgehead atoms. The SMILES string of the molecule is CNC1CCCCC1.Cl.Cl.NC(C1CCCCCC1)C1(c2ccc(Cl)cc2)CCC1. The molecule has 0 aliphatic heterocycles. The van der Waals surface area contributed by atoms with Gasteiger partial charge in [-0.15, -0.1) is 24.8 Å². The molecule has 1 atom stereocenters. The van der Waals surface area contributed by atoms with E-state index in [1.807, 2.05) is 12.1 Å². The highest BCUT2D eigenvalue weighted by molar-refractivity contribution is 6.30. The van der Waals surface area contributed by atoms with Crippen LogP contribution in [-0.2, 0) is 5.41 Å². The van der Waals surface area contributed by atoms with E-state index in [2.05, 4.69) is 24.5 Å². The summed E-state index contributed by atoms with van der Waals surface area (Å²) in [4.78, 5) is 0. The number of hydrogen-bond acceptors (Lipinski definition) is 2. The Morgan fingerprint density at radius 1 is 0.833 bits per heavy atom. The molecule has 3 N–H and O–H groups in total. The lowest BCUT2D eigenvalue weighted by Crippen LogP contribution is -2.54. The molecule has 3 fully saturated rings. The summed E-state index contributed by atoms with van der Waals surface area (Å²) < 4.78 is 0. The van der Waals surface area contributed by atoms with Gasteiger partial charge in [0.15, 0.2) is 0 Å². The van der Waals surface area contributed by atoms with Gasteiger partial charge in [0.1, 0.15) is 0 Å². The molecule has 174 valence electrons. The van der Waals surface area contributed by atoms with Crippen molar-refractivity contribution in [2.45, 2.75) is 107 Å². The summed E-state index contributed by atoms with van der Waals surface area (Å²) in [6, 6.07) is 9.63. The van der Waals surface area contributed by atoms with Crippen molar-refractivity contribution in [1.29, 1.82) is 0 Å². The minimum atomic E-state index is 0. The second kappa shape index (κ2) is 14.2. The van der Waals surface area contributed by atoms with E-state index in [4.69, 9.17) is 17.3 Å². The van der Waals surface area contributed by atoms with Crippen LogP contribution in [0.1, 0.15) is 95.5 Å². The molecule has 2 nitrogen and oxygen atoms in total. The van der Waals surface area contributed by atoms with E-state index in [0.29, 0.717) is 12.0 Å². The maximum Gasteiger partial charge on any atom is 0.0406 e. The Morgan fingerprint density at radius 2 is 1.33 bits per heavy atom. The molecule has 1 aromatic rings. The van der Waals surface area contributed by atoms with Crippen molar-refractivity contribution in [2.75, 3.05) is 7.05 Å². The second-order valence-electron chi connectivity index (χ2n) is 9.42. The molecule has 1 aromatic carbocycles. The van der Waals surface area contributed by atoms with Crippen molar-refractivity contribution in [3.05, 3.63) is 34.9 Å². The minimum Gasteiger partial charge on any atom is -0.327 e. The van der Waals surface area contributed by atoms with Crippen molar-refractivity contribution in [2.24, 2.45) is 11.7 Å². The van der Waals surface area contributed by atoms with Crippen LogP contribution in [0.5, 0.6) is 0 Å². The third-order valence-electron chi connectivity index (χ3n) is 7.72. The first-order chi connectivity index (χ1) is 13.7. The van der Waals surface area contributed by atoms with Gasteiger partial charge in [0, 0.05) is 22.5 Å². The Bertz CT molecular complexity index is 560. The topological polar surface area (TPSA) is 38.0 Å². The molecule has 0 saturated heterocycles. The highest BCUT2D eigenvalue weighted by atomic mass is 35.5. The van der Waals surface area contributed by atoms with Crippen LogP contribution in [0.3, 0.4) is 0 Å². The fourth-order valence-corrected chi connectivity index (χ4v) is 5.79. The first-order valence-electron chi connectivity index (χ1n) is 11.8. The van der Waals surface area contributed by atoms with Crippen LogP contribution in [0.4, 0.5) is 0 Å². The van der Waals surface area contributed by atoms with E-state index in [1.165, 1.54) is 95.5 Å². The maximum atomic E-state index is 6.80. The molecular formula is C25H43Cl3N2. The summed E-state index contributed by atoms with van der Waals surface area (Å²) in [5.74, 6) is 0.716. The lowest BCUT2D eigenvalue weighted by Gasteiger charge is -2.49. The molecule has 3 aliphatic rings. The molecule has 0 spiro atoms. The molecule has 0 aromatic heterocycles. The Balaban J connectivity index is 0.000000385. The number of rotatable bonds is 4. The average molecular weight is 478 g/mol. The van der Waals surface area contributed by atoms with Crippen molar-refractivity contribution in [3.8, 4) is 0 Å². The highest BCUT2D eigenvalue weighted by Crippen LogP contribution is 2.49. The summed E-state index contributed by atoms with van der Waals surface area (Å²) in [7, 11) is 2.07. The van der Waals surface area contributed by atoms with Gasteiger partial charge in [0.25, 0.3) is 0 Å². The smallest absolute Gasteiger partial charge is 0.0406 e. The molecule has 5 heteroatoms. The molecule has 0 radical (unpaired) electrons. The first-order valence-corrected chi connectivity index (χ1v) is 12.2. The number of benzene rings is 1. The fraction of sp³-hybridized carbons (Fsp3) is 0.760. The van der Waals surface area contributed by atoms with Gasteiger partial charge in [0.05, 0.1) is 0 Å². The lowest BCUT2D eigenvalue weighted by atomic mass is 9.57. The molecule has 1 unspecified atom stereocenters. The normalized spacial score (nSPS) is 22.8. The number of nitrogens with one attached hydrogen (secondary N) is 1. The molecule has 30 heavy (non-hydrogen) atoms. The van der Waals surface area contributed by atoms with Crippen molar-refractivity contribution < 1.29 is 0 Å². The van der Waals surface area contributed by atoms with Crippen LogP contribution >= 0.6 is 36.4 Å². The Morgan fingerprint density at radius 3 is 1.77 bits per heavy atom. The second-order valence-corrected chi connectivity index (χ2v) is 9.85. The molecule has 3 saturated carbocycles. The van der Waals surface area contributed by atoms with Gasteiger partial charge >= 0.3 is 0 Å². The summed E-state index contributed by atoms with van der Waals surface area (Å²) >= 11 is 6.04. The van der Waals surface area contributed by atoms with Crippen LogP contribution in [0, 0.1) is 5.92 Å². The van der Waals surface area contributed by atoms with Crippen molar-refractivity contribution >= 4 is 36.4 Å². The monoisotopic (exact) mass is 476 g/mol. The van der Waals surface area contributed by atoms with Gasteiger partial charge in [-0.2, -0.15) is 0 Å². The van der Waals surface area contributed by atoms with E-state index in [0.717, 1.165) is 11.1 Å². The summed E-state index contributed by atoms with van der Waals surface area (Å²) in [6.45, 7) is 0. The van der Waals surface area contributed by atoms with Crippen LogP contribution in [0.25, 0.3) is 0 Å². The van der Waals surface area contributed by atoms with E-state index in [-0.39, 0.29) is 30.2 Å². The van der Waals surface area contributed by atoms with E-state index < -0.39 is 0 Å². The fourth-order valence-electron chi connectivity index (χ4n) is 5.67. The zero-order valence-corrected chi connectivity index (χ0v) is 21.1. The minimum absolute atomic E-state index is 0. The zero-order valence-electron chi connectivity index (χ0n) is 18.7. The third-order valence-corrected chi connectivity index (χ3v) is 7.98. The number of halogens is 3. The molecule has 3 aliphatic carbocycles. The maximum absolute atomic E-state index is 6.80. The highest BCUT2D eigenvalue weighted by Gasteiger charge is 2.46. The number of hydrogen-bond donors (Lipinski definition) is 2. The summed E-state index contributed by atoms with van der Waals surface area (Å²) in [5, 5.41) is 4.13. The average Bonchev–Trinajstić information content (AvgIpc) is 2.99. The molecule has 0 heterocycles. The largest absolute Gasteiger partial charge is 0.327 e. The quantitative estimate of drug-likeness (QED) is 0.442. The van der Waals surface area contributed by atoms with Gasteiger partial charge < -0.3 is 11.1 Å². The van der Waals surface area contributed by atoms with E-state index in [1.54, 1.807) is 0 Å².